The second kappa shape index (κ2) is 6.55. The van der Waals surface area contributed by atoms with E-state index in [2.05, 4.69) is 10.0 Å². The van der Waals surface area contributed by atoms with Crippen molar-refractivity contribution in [1.29, 1.82) is 0 Å². The number of fused-ring (bicyclic) bond motifs is 1. The minimum atomic E-state index is -3.35. The van der Waals surface area contributed by atoms with Gasteiger partial charge in [-0.15, -0.1) is 11.3 Å². The van der Waals surface area contributed by atoms with Gasteiger partial charge < -0.3 is 5.32 Å². The van der Waals surface area contributed by atoms with Crippen molar-refractivity contribution in [3.05, 3.63) is 35.2 Å². The minimum Gasteiger partial charge on any atom is -0.351 e. The fourth-order valence-electron chi connectivity index (χ4n) is 1.97. The number of sulfonamides is 1. The average Bonchev–Trinajstić information content (AvgIpc) is 2.80. The van der Waals surface area contributed by atoms with Gasteiger partial charge in [0.25, 0.3) is 5.91 Å². The Balaban J connectivity index is 1.97. The van der Waals surface area contributed by atoms with Gasteiger partial charge in [-0.25, -0.2) is 13.1 Å². The zero-order chi connectivity index (χ0) is 15.5. The first-order valence-electron chi connectivity index (χ1n) is 6.63. The number of nitrogens with one attached hydrogen (secondary N) is 2. The molecule has 2 N–H and O–H groups in total. The molecular formula is C14H18N2O3S2. The first-order chi connectivity index (χ1) is 9.89. The van der Waals surface area contributed by atoms with Crippen LogP contribution in [-0.2, 0) is 10.0 Å². The van der Waals surface area contributed by atoms with E-state index < -0.39 is 10.0 Å². The maximum atomic E-state index is 12.1. The van der Waals surface area contributed by atoms with Gasteiger partial charge in [0.1, 0.15) is 0 Å². The van der Waals surface area contributed by atoms with Gasteiger partial charge in [-0.2, -0.15) is 0 Å². The largest absolute Gasteiger partial charge is 0.351 e. The monoisotopic (exact) mass is 326 g/mol. The van der Waals surface area contributed by atoms with Crippen molar-refractivity contribution in [2.75, 3.05) is 12.3 Å². The van der Waals surface area contributed by atoms with Gasteiger partial charge in [-0.05, 0) is 19.9 Å². The van der Waals surface area contributed by atoms with E-state index in [1.165, 1.54) is 11.3 Å². The van der Waals surface area contributed by atoms with Gasteiger partial charge in [0.2, 0.25) is 10.0 Å². The summed E-state index contributed by atoms with van der Waals surface area (Å²) >= 11 is 1.50. The molecule has 0 aliphatic carbocycles. The summed E-state index contributed by atoms with van der Waals surface area (Å²) < 4.78 is 26.8. The third kappa shape index (κ3) is 4.26. The summed E-state index contributed by atoms with van der Waals surface area (Å²) in [6, 6.07) is 7.49. The molecule has 0 aliphatic rings. The highest BCUT2D eigenvalue weighted by Gasteiger charge is 2.14. The number of carbonyl (C=O) groups is 1. The highest BCUT2D eigenvalue weighted by molar-refractivity contribution is 7.89. The van der Waals surface area contributed by atoms with Crippen LogP contribution in [0.25, 0.3) is 10.1 Å². The van der Waals surface area contributed by atoms with Crippen molar-refractivity contribution in [3.63, 3.8) is 0 Å². The minimum absolute atomic E-state index is 0.0884. The molecule has 7 heteroatoms. The maximum absolute atomic E-state index is 12.1. The van der Waals surface area contributed by atoms with E-state index in [1.54, 1.807) is 19.2 Å². The van der Waals surface area contributed by atoms with Gasteiger partial charge >= 0.3 is 0 Å². The lowest BCUT2D eigenvalue weighted by Gasteiger charge is -2.09. The van der Waals surface area contributed by atoms with Crippen LogP contribution in [0.2, 0.25) is 0 Å². The number of carbonyl (C=O) groups excluding carboxylic acids is 1. The fraction of sp³-hybridized carbons (Fsp3) is 0.357. The third-order valence-corrected chi connectivity index (χ3v) is 5.33. The average molecular weight is 326 g/mol. The smallest absolute Gasteiger partial charge is 0.252 e. The topological polar surface area (TPSA) is 75.3 Å². The summed E-state index contributed by atoms with van der Waals surface area (Å²) in [5, 5.41) is 5.34. The number of hydrogen-bond donors (Lipinski definition) is 2. The van der Waals surface area contributed by atoms with Crippen molar-refractivity contribution in [3.8, 4) is 0 Å². The molecule has 114 valence electrons. The molecule has 0 unspecified atom stereocenters. The summed E-state index contributed by atoms with van der Waals surface area (Å²) in [5.74, 6) is -0.369. The molecule has 1 aromatic carbocycles. The lowest BCUT2D eigenvalue weighted by molar-refractivity contribution is 0.0958. The predicted molar refractivity (Wildman–Crippen MR) is 86.2 cm³/mol. The van der Waals surface area contributed by atoms with E-state index >= 15 is 0 Å². The van der Waals surface area contributed by atoms with Crippen LogP contribution >= 0.6 is 11.3 Å². The molecule has 1 aromatic heterocycles. The lowest BCUT2D eigenvalue weighted by atomic mass is 10.2. The van der Waals surface area contributed by atoms with E-state index in [-0.39, 0.29) is 24.2 Å². The number of amides is 1. The van der Waals surface area contributed by atoms with Crippen LogP contribution in [0.3, 0.4) is 0 Å². The van der Waals surface area contributed by atoms with Crippen molar-refractivity contribution in [2.24, 2.45) is 0 Å². The first-order valence-corrected chi connectivity index (χ1v) is 9.16. The molecule has 0 saturated carbocycles. The first kappa shape index (κ1) is 15.9. The van der Waals surface area contributed by atoms with E-state index in [0.717, 1.165) is 10.1 Å². The van der Waals surface area contributed by atoms with E-state index in [0.29, 0.717) is 5.56 Å². The van der Waals surface area contributed by atoms with Crippen LogP contribution in [0.4, 0.5) is 0 Å². The Hall–Kier alpha value is -1.44. The normalized spacial score (nSPS) is 12.0. The molecule has 21 heavy (non-hydrogen) atoms. The summed E-state index contributed by atoms with van der Waals surface area (Å²) in [5.41, 5.74) is 0.588. The Morgan fingerprint density at radius 3 is 2.71 bits per heavy atom. The molecule has 0 saturated heterocycles. The lowest BCUT2D eigenvalue weighted by Crippen LogP contribution is -2.37. The molecule has 0 bridgehead atoms. The van der Waals surface area contributed by atoms with E-state index in [4.69, 9.17) is 0 Å². The number of hydrogen-bond acceptors (Lipinski definition) is 4. The summed E-state index contributed by atoms with van der Waals surface area (Å²) in [6.07, 6.45) is 0. The SMILES string of the molecule is CC(C)NS(=O)(=O)CCNC(=O)c1csc2ccccc12. The van der Waals surface area contributed by atoms with E-state index in [1.807, 2.05) is 24.3 Å². The highest BCUT2D eigenvalue weighted by Crippen LogP contribution is 2.25. The van der Waals surface area contributed by atoms with Crippen molar-refractivity contribution >= 4 is 37.4 Å². The standard InChI is InChI=1S/C14H18N2O3S2/c1-10(2)16-21(18,19)8-7-15-14(17)12-9-20-13-6-4-3-5-11(12)13/h3-6,9-10,16H,7-8H2,1-2H3,(H,15,17). The molecule has 0 atom stereocenters. The number of rotatable bonds is 6. The second-order valence-electron chi connectivity index (χ2n) is 4.99. The Kier molecular flexibility index (Phi) is 4.97. The van der Waals surface area contributed by atoms with Gasteiger partial charge in [-0.1, -0.05) is 18.2 Å². The molecule has 1 heterocycles. The van der Waals surface area contributed by atoms with Crippen LogP contribution in [-0.4, -0.2) is 32.7 Å². The molecule has 0 spiro atoms. The van der Waals surface area contributed by atoms with Gasteiger partial charge in [-0.3, -0.25) is 4.79 Å². The van der Waals surface area contributed by atoms with Crippen LogP contribution in [0.5, 0.6) is 0 Å². The van der Waals surface area contributed by atoms with Gasteiger partial charge in [0.15, 0.2) is 0 Å². The Labute approximate surface area is 128 Å². The highest BCUT2D eigenvalue weighted by atomic mass is 32.2. The Morgan fingerprint density at radius 1 is 1.29 bits per heavy atom. The molecule has 1 amide bonds. The molecule has 0 aliphatic heterocycles. The zero-order valence-corrected chi connectivity index (χ0v) is 13.6. The summed E-state index contributed by atoms with van der Waals surface area (Å²) in [4.78, 5) is 12.1. The van der Waals surface area contributed by atoms with Crippen LogP contribution in [0.15, 0.2) is 29.6 Å². The number of benzene rings is 1. The van der Waals surface area contributed by atoms with Crippen molar-refractivity contribution in [2.45, 2.75) is 19.9 Å². The molecule has 5 nitrogen and oxygen atoms in total. The van der Waals surface area contributed by atoms with Crippen LogP contribution in [0.1, 0.15) is 24.2 Å². The van der Waals surface area contributed by atoms with Crippen molar-refractivity contribution in [1.82, 2.24) is 10.0 Å². The molecule has 2 aromatic rings. The molecule has 0 fully saturated rings. The molecule has 0 radical (unpaired) electrons. The summed E-state index contributed by atoms with van der Waals surface area (Å²) in [6.45, 7) is 3.60. The third-order valence-electron chi connectivity index (χ3n) is 2.80. The quantitative estimate of drug-likeness (QED) is 0.852. The van der Waals surface area contributed by atoms with E-state index in [9.17, 15) is 13.2 Å². The maximum Gasteiger partial charge on any atom is 0.252 e. The Morgan fingerprint density at radius 2 is 2.00 bits per heavy atom. The van der Waals surface area contributed by atoms with Gasteiger partial charge in [0, 0.05) is 28.1 Å². The predicted octanol–water partition coefficient (Wildman–Crippen LogP) is 1.96. The fourth-order valence-corrected chi connectivity index (χ4v) is 4.11. The van der Waals surface area contributed by atoms with Crippen molar-refractivity contribution < 1.29 is 13.2 Å². The van der Waals surface area contributed by atoms with Crippen LogP contribution < -0.4 is 10.0 Å². The summed E-state index contributed by atoms with van der Waals surface area (Å²) in [7, 11) is -3.35. The van der Waals surface area contributed by atoms with Gasteiger partial charge in [0.05, 0.1) is 11.3 Å². The Bertz CT molecular complexity index is 736. The molecule has 2 rings (SSSR count). The van der Waals surface area contributed by atoms with Crippen LogP contribution in [0, 0.1) is 0 Å². The molecular weight excluding hydrogens is 308 g/mol. The number of thiophene rings is 1. The second-order valence-corrected chi connectivity index (χ2v) is 7.78. The zero-order valence-electron chi connectivity index (χ0n) is 11.9.